The lowest BCUT2D eigenvalue weighted by atomic mass is 10.0. The van der Waals surface area contributed by atoms with Gasteiger partial charge in [0.05, 0.1) is 0 Å². The van der Waals surface area contributed by atoms with E-state index in [4.69, 9.17) is 0 Å². The van der Waals surface area contributed by atoms with Crippen LogP contribution >= 0.6 is 18.5 Å². The number of hydrogen-bond donors (Lipinski definition) is 0. The third-order valence-corrected chi connectivity index (χ3v) is 10.8. The molecule has 0 spiro atoms. The van der Waals surface area contributed by atoms with Crippen LogP contribution in [0.5, 0.6) is 0 Å². The highest BCUT2D eigenvalue weighted by molar-refractivity contribution is 7.86. The average molecular weight is 432 g/mol. The summed E-state index contributed by atoms with van der Waals surface area (Å²) in [6.07, 6.45) is 0. The fraction of sp³-hybridized carbons (Fsp3) is 0. The lowest BCUT2D eigenvalue weighted by Crippen LogP contribution is -2.21. The van der Waals surface area contributed by atoms with Gasteiger partial charge in [-0.25, -0.2) is 0 Å². The molecule has 5 aromatic carbocycles. The Kier molecular flexibility index (Phi) is 3.48. The summed E-state index contributed by atoms with van der Waals surface area (Å²) in [4.78, 5) is 0. The monoisotopic (exact) mass is 432 g/mol. The minimum atomic E-state index is -3.00. The molecule has 6 aromatic rings. The van der Waals surface area contributed by atoms with E-state index in [0.717, 1.165) is 37.8 Å². The highest BCUT2D eigenvalue weighted by Crippen LogP contribution is 2.55. The maximum Gasteiger partial charge on any atom is 0.172 e. The van der Waals surface area contributed by atoms with Gasteiger partial charge < -0.3 is 4.57 Å². The molecule has 1 nitrogen and oxygen atoms in total. The summed E-state index contributed by atoms with van der Waals surface area (Å²) in [5.41, 5.74) is 2.23. The summed E-state index contributed by atoms with van der Waals surface area (Å²) in [5, 5.41) is 7.55. The zero-order valence-corrected chi connectivity index (χ0v) is 18.3. The Bertz CT molecular complexity index is 1710. The minimum absolute atomic E-state index is 0.908. The summed E-state index contributed by atoms with van der Waals surface area (Å²) in [5.74, 6) is 0. The lowest BCUT2D eigenvalue weighted by Gasteiger charge is -2.17. The number of thiophene rings is 1. The fourth-order valence-corrected chi connectivity index (χ4v) is 9.48. The van der Waals surface area contributed by atoms with Crippen LogP contribution in [0.15, 0.2) is 103 Å². The van der Waals surface area contributed by atoms with Crippen LogP contribution in [0.25, 0.3) is 42.1 Å². The molecule has 7 rings (SSSR count). The van der Waals surface area contributed by atoms with Crippen LogP contribution in [-0.4, -0.2) is 0 Å². The van der Waals surface area contributed by atoms with E-state index in [-0.39, 0.29) is 0 Å². The number of benzene rings is 5. The second kappa shape index (κ2) is 6.17. The van der Waals surface area contributed by atoms with Crippen LogP contribution < -0.4 is 15.9 Å². The van der Waals surface area contributed by atoms with E-state index >= 15 is 4.57 Å². The molecule has 0 fully saturated rings. The first kappa shape index (κ1) is 17.5. The Morgan fingerprint density at radius 1 is 0.581 bits per heavy atom. The van der Waals surface area contributed by atoms with Crippen molar-refractivity contribution in [3.8, 4) is 11.1 Å². The van der Waals surface area contributed by atoms with Crippen LogP contribution in [0.1, 0.15) is 0 Å². The molecule has 2 heterocycles. The van der Waals surface area contributed by atoms with Crippen LogP contribution in [0, 0.1) is 0 Å². The number of hydrogen-bond acceptors (Lipinski definition) is 2. The van der Waals surface area contributed by atoms with Crippen LogP contribution in [0.3, 0.4) is 0 Å². The number of rotatable bonds is 1. The zero-order chi connectivity index (χ0) is 20.6. The van der Waals surface area contributed by atoms with Gasteiger partial charge in [-0.15, -0.1) is 11.3 Å². The van der Waals surface area contributed by atoms with E-state index < -0.39 is 7.14 Å². The van der Waals surface area contributed by atoms with Gasteiger partial charge in [-0.1, -0.05) is 84.9 Å². The van der Waals surface area contributed by atoms with Crippen molar-refractivity contribution in [2.75, 3.05) is 0 Å². The summed E-state index contributed by atoms with van der Waals surface area (Å²) >= 11 is 1.81. The summed E-state index contributed by atoms with van der Waals surface area (Å²) in [7, 11) is -3.00. The average Bonchev–Trinajstić information content (AvgIpc) is 3.32. The second-order valence-electron chi connectivity index (χ2n) is 8.09. The predicted octanol–water partition coefficient (Wildman–Crippen LogP) is 6.83. The molecule has 0 bridgehead atoms. The highest BCUT2D eigenvalue weighted by Gasteiger charge is 2.41. The van der Waals surface area contributed by atoms with Gasteiger partial charge in [0.15, 0.2) is 7.14 Å². The van der Waals surface area contributed by atoms with Crippen LogP contribution in [0.4, 0.5) is 0 Å². The molecule has 0 saturated heterocycles. The van der Waals surface area contributed by atoms with E-state index in [2.05, 4.69) is 60.7 Å². The molecule has 1 unspecified atom stereocenters. The van der Waals surface area contributed by atoms with E-state index in [9.17, 15) is 0 Å². The van der Waals surface area contributed by atoms with E-state index in [1.165, 1.54) is 20.2 Å². The summed E-state index contributed by atoms with van der Waals surface area (Å²) < 4.78 is 17.7. The Labute approximate surface area is 184 Å². The quantitative estimate of drug-likeness (QED) is 0.260. The van der Waals surface area contributed by atoms with Crippen LogP contribution in [-0.2, 0) is 4.57 Å². The van der Waals surface area contributed by atoms with Crippen molar-refractivity contribution >= 4 is 65.3 Å². The van der Waals surface area contributed by atoms with Gasteiger partial charge in [0.2, 0.25) is 0 Å². The van der Waals surface area contributed by atoms with Gasteiger partial charge in [0.1, 0.15) is 0 Å². The topological polar surface area (TPSA) is 17.1 Å². The smallest absolute Gasteiger partial charge is 0.172 e. The zero-order valence-electron chi connectivity index (χ0n) is 16.6. The molecule has 31 heavy (non-hydrogen) atoms. The second-order valence-corrected chi connectivity index (χ2v) is 11.8. The van der Waals surface area contributed by atoms with Crippen molar-refractivity contribution in [1.82, 2.24) is 0 Å². The molecule has 0 radical (unpaired) electrons. The Balaban J connectivity index is 1.69. The standard InChI is InChI=1S/C28H17OPS/c29-30(19-9-2-1-3-10-19)25-16-24-21-12-6-7-13-26(21)31-27(24)17-23(25)22-15-14-18-8-4-5-11-20(18)28(22)30/h1-17H. The van der Waals surface area contributed by atoms with Gasteiger partial charge in [-0.2, -0.15) is 0 Å². The van der Waals surface area contributed by atoms with Crippen LogP contribution in [0.2, 0.25) is 0 Å². The molecule has 0 amide bonds. The van der Waals surface area contributed by atoms with Crippen molar-refractivity contribution in [2.24, 2.45) is 0 Å². The third-order valence-electron chi connectivity index (χ3n) is 6.46. The first-order valence-corrected chi connectivity index (χ1v) is 12.9. The summed E-state index contributed by atoms with van der Waals surface area (Å²) in [6.45, 7) is 0. The maximum absolute atomic E-state index is 15.2. The Hall–Kier alpha value is -3.19. The maximum atomic E-state index is 15.2. The molecule has 0 N–H and O–H groups in total. The predicted molar refractivity (Wildman–Crippen MR) is 135 cm³/mol. The molecular weight excluding hydrogens is 415 g/mol. The highest BCUT2D eigenvalue weighted by atomic mass is 32.1. The molecule has 3 heteroatoms. The molecule has 0 saturated carbocycles. The largest absolute Gasteiger partial charge is 0.309 e. The van der Waals surface area contributed by atoms with Crippen molar-refractivity contribution in [3.63, 3.8) is 0 Å². The lowest BCUT2D eigenvalue weighted by molar-refractivity contribution is 0.593. The fourth-order valence-electron chi connectivity index (χ4n) is 5.07. The van der Waals surface area contributed by atoms with Crippen molar-refractivity contribution < 1.29 is 4.57 Å². The molecule has 0 aliphatic carbocycles. The van der Waals surface area contributed by atoms with E-state index in [0.29, 0.717) is 0 Å². The van der Waals surface area contributed by atoms with Crippen molar-refractivity contribution in [1.29, 1.82) is 0 Å². The van der Waals surface area contributed by atoms with E-state index in [1.807, 2.05) is 53.8 Å². The Morgan fingerprint density at radius 3 is 2.19 bits per heavy atom. The third kappa shape index (κ3) is 2.24. The molecule has 146 valence electrons. The summed E-state index contributed by atoms with van der Waals surface area (Å²) in [6, 6.07) is 35.7. The van der Waals surface area contributed by atoms with Crippen molar-refractivity contribution in [3.05, 3.63) is 103 Å². The molecule has 1 aliphatic rings. The Morgan fingerprint density at radius 2 is 1.32 bits per heavy atom. The van der Waals surface area contributed by atoms with Gasteiger partial charge in [0, 0.05) is 36.1 Å². The van der Waals surface area contributed by atoms with Gasteiger partial charge in [0.25, 0.3) is 0 Å². The van der Waals surface area contributed by atoms with Gasteiger partial charge in [-0.05, 0) is 40.1 Å². The SMILES string of the molecule is O=P1(c2ccccc2)c2cc3c(cc2-c2ccc4ccccc4c21)sc1ccccc13. The minimum Gasteiger partial charge on any atom is -0.309 e. The molecular formula is C28H17OPS. The number of fused-ring (bicyclic) bond motifs is 8. The van der Waals surface area contributed by atoms with Crippen molar-refractivity contribution in [2.45, 2.75) is 0 Å². The van der Waals surface area contributed by atoms with E-state index in [1.54, 1.807) is 0 Å². The molecule has 1 aromatic heterocycles. The first-order valence-electron chi connectivity index (χ1n) is 10.4. The van der Waals surface area contributed by atoms with Gasteiger partial charge in [-0.3, -0.25) is 0 Å². The normalized spacial score (nSPS) is 17.3. The van der Waals surface area contributed by atoms with Gasteiger partial charge >= 0.3 is 0 Å². The molecule has 1 aliphatic heterocycles. The first-order chi connectivity index (χ1) is 15.2. The molecule has 1 atom stereocenters.